The lowest BCUT2D eigenvalue weighted by Gasteiger charge is -2.33. The highest BCUT2D eigenvalue weighted by atomic mass is 35.5. The summed E-state index contributed by atoms with van der Waals surface area (Å²) in [6.45, 7) is 3.70. The first-order valence-electron chi connectivity index (χ1n) is 11.7. The van der Waals surface area contributed by atoms with Crippen molar-refractivity contribution in [2.45, 2.75) is 37.8 Å². The van der Waals surface area contributed by atoms with Crippen molar-refractivity contribution in [3.05, 3.63) is 95.5 Å². The van der Waals surface area contributed by atoms with Gasteiger partial charge in [-0.05, 0) is 49.2 Å². The van der Waals surface area contributed by atoms with Gasteiger partial charge in [-0.15, -0.1) is 0 Å². The lowest BCUT2D eigenvalue weighted by molar-refractivity contribution is -0.140. The van der Waals surface area contributed by atoms with E-state index < -0.39 is 28.5 Å². The lowest BCUT2D eigenvalue weighted by atomic mass is 10.1. The number of hydrogen-bond donors (Lipinski definition) is 1. The van der Waals surface area contributed by atoms with Gasteiger partial charge in [0, 0.05) is 18.1 Å². The molecule has 0 radical (unpaired) electrons. The van der Waals surface area contributed by atoms with Gasteiger partial charge in [-0.3, -0.25) is 13.9 Å². The third-order valence-electron chi connectivity index (χ3n) is 5.64. The maximum Gasteiger partial charge on any atom is 0.264 e. The molecule has 1 N–H and O–H groups in total. The summed E-state index contributed by atoms with van der Waals surface area (Å²) in [4.78, 5) is 28.2. The zero-order valence-electron chi connectivity index (χ0n) is 20.3. The Morgan fingerprint density at radius 2 is 1.56 bits per heavy atom. The minimum absolute atomic E-state index is 0.0446. The number of likely N-dealkylation sites (N-methyl/N-ethyl adjacent to an activating group) is 1. The fraction of sp³-hybridized carbons (Fsp3) is 0.259. The zero-order chi connectivity index (χ0) is 26.1. The molecule has 3 rings (SSSR count). The molecule has 3 aromatic carbocycles. The Labute approximate surface area is 217 Å². The van der Waals surface area contributed by atoms with Crippen molar-refractivity contribution in [3.8, 4) is 0 Å². The molecule has 0 fully saturated rings. The van der Waals surface area contributed by atoms with Crippen molar-refractivity contribution < 1.29 is 18.0 Å². The number of halogens is 1. The molecule has 3 aromatic rings. The largest absolute Gasteiger partial charge is 0.355 e. The molecule has 0 saturated carbocycles. The van der Waals surface area contributed by atoms with Gasteiger partial charge in [0.05, 0.1) is 10.6 Å². The summed E-state index contributed by atoms with van der Waals surface area (Å²) < 4.78 is 28.4. The molecular formula is C27H30ClN3O4S. The zero-order valence-corrected chi connectivity index (χ0v) is 21.9. The van der Waals surface area contributed by atoms with Gasteiger partial charge in [0.25, 0.3) is 10.0 Å². The number of rotatable bonds is 11. The van der Waals surface area contributed by atoms with Gasteiger partial charge in [0.15, 0.2) is 0 Å². The molecule has 0 saturated heterocycles. The summed E-state index contributed by atoms with van der Waals surface area (Å²) in [7, 11) is -4.11. The highest BCUT2D eigenvalue weighted by Gasteiger charge is 2.33. The molecule has 7 nitrogen and oxygen atoms in total. The van der Waals surface area contributed by atoms with Crippen LogP contribution in [0.3, 0.4) is 0 Å². The van der Waals surface area contributed by atoms with Crippen molar-refractivity contribution in [2.24, 2.45) is 0 Å². The number of hydrogen-bond acceptors (Lipinski definition) is 4. The lowest BCUT2D eigenvalue weighted by Crippen LogP contribution is -2.52. The van der Waals surface area contributed by atoms with Crippen LogP contribution in [0.15, 0.2) is 89.8 Å². The molecule has 0 aliphatic rings. The number of carbonyl (C=O) groups is 2. The molecule has 0 spiro atoms. The van der Waals surface area contributed by atoms with Crippen LogP contribution in [0.5, 0.6) is 0 Å². The monoisotopic (exact) mass is 527 g/mol. The Kier molecular flexibility index (Phi) is 9.50. The SMILES string of the molecule is CCNC(=O)C(CC)N(Cc1ccccc1)C(=O)CN(c1cccc(Cl)c1)S(=O)(=O)c1ccccc1. The van der Waals surface area contributed by atoms with Crippen molar-refractivity contribution in [3.63, 3.8) is 0 Å². The Morgan fingerprint density at radius 3 is 2.14 bits per heavy atom. The normalized spacial score (nSPS) is 12.0. The summed E-state index contributed by atoms with van der Waals surface area (Å²) in [5.41, 5.74) is 1.08. The summed E-state index contributed by atoms with van der Waals surface area (Å²) >= 11 is 6.17. The highest BCUT2D eigenvalue weighted by Crippen LogP contribution is 2.27. The molecule has 1 atom stereocenters. The molecular weight excluding hydrogens is 498 g/mol. The van der Waals surface area contributed by atoms with Gasteiger partial charge in [0.1, 0.15) is 12.6 Å². The van der Waals surface area contributed by atoms with Crippen LogP contribution < -0.4 is 9.62 Å². The molecule has 0 bridgehead atoms. The summed E-state index contributed by atoms with van der Waals surface area (Å²) in [5, 5.41) is 3.12. The van der Waals surface area contributed by atoms with Crippen LogP contribution >= 0.6 is 11.6 Å². The smallest absolute Gasteiger partial charge is 0.264 e. The van der Waals surface area contributed by atoms with Crippen molar-refractivity contribution in [1.82, 2.24) is 10.2 Å². The van der Waals surface area contributed by atoms with Crippen LogP contribution in [-0.2, 0) is 26.2 Å². The van der Waals surface area contributed by atoms with Crippen LogP contribution in [-0.4, -0.2) is 44.3 Å². The second-order valence-electron chi connectivity index (χ2n) is 8.13. The third-order valence-corrected chi connectivity index (χ3v) is 7.66. The van der Waals surface area contributed by atoms with Crippen LogP contribution in [0.2, 0.25) is 5.02 Å². The summed E-state index contributed by atoms with van der Waals surface area (Å²) in [5.74, 6) is -0.791. The average molecular weight is 528 g/mol. The van der Waals surface area contributed by atoms with Gasteiger partial charge >= 0.3 is 0 Å². The number of sulfonamides is 1. The molecule has 0 aliphatic heterocycles. The minimum atomic E-state index is -4.11. The highest BCUT2D eigenvalue weighted by molar-refractivity contribution is 7.92. The summed E-state index contributed by atoms with van der Waals surface area (Å²) in [6, 6.07) is 22.8. The molecule has 0 heterocycles. The second kappa shape index (κ2) is 12.6. The van der Waals surface area contributed by atoms with Crippen LogP contribution in [0.1, 0.15) is 25.8 Å². The molecule has 2 amide bonds. The van der Waals surface area contributed by atoms with Crippen molar-refractivity contribution in [2.75, 3.05) is 17.4 Å². The molecule has 0 aromatic heterocycles. The van der Waals surface area contributed by atoms with E-state index in [1.807, 2.05) is 37.3 Å². The molecule has 0 aliphatic carbocycles. The predicted molar refractivity (Wildman–Crippen MR) is 142 cm³/mol. The van der Waals surface area contributed by atoms with Crippen LogP contribution in [0, 0.1) is 0 Å². The molecule has 36 heavy (non-hydrogen) atoms. The van der Waals surface area contributed by atoms with E-state index >= 15 is 0 Å². The first kappa shape index (κ1) is 27.2. The second-order valence-corrected chi connectivity index (χ2v) is 10.4. The van der Waals surface area contributed by atoms with Crippen LogP contribution in [0.4, 0.5) is 5.69 Å². The maximum atomic E-state index is 13.8. The fourth-order valence-corrected chi connectivity index (χ4v) is 5.48. The first-order chi connectivity index (χ1) is 17.3. The average Bonchev–Trinajstić information content (AvgIpc) is 2.88. The van der Waals surface area contributed by atoms with E-state index in [4.69, 9.17) is 11.6 Å². The molecule has 9 heteroatoms. The maximum absolute atomic E-state index is 13.8. The summed E-state index contributed by atoms with van der Waals surface area (Å²) in [6.07, 6.45) is 0.368. The minimum Gasteiger partial charge on any atom is -0.355 e. The predicted octanol–water partition coefficient (Wildman–Crippen LogP) is 4.48. The van der Waals surface area contributed by atoms with E-state index in [1.165, 1.54) is 23.1 Å². The van der Waals surface area contributed by atoms with Gasteiger partial charge in [-0.1, -0.05) is 73.1 Å². The Balaban J connectivity index is 2.04. The number of amides is 2. The Bertz CT molecular complexity index is 1270. The van der Waals surface area contributed by atoms with Crippen molar-refractivity contribution >= 4 is 39.1 Å². The van der Waals surface area contributed by atoms with Gasteiger partial charge in [-0.2, -0.15) is 0 Å². The topological polar surface area (TPSA) is 86.8 Å². The number of benzene rings is 3. The Morgan fingerprint density at radius 1 is 0.917 bits per heavy atom. The molecule has 1 unspecified atom stereocenters. The first-order valence-corrected chi connectivity index (χ1v) is 13.5. The van der Waals surface area contributed by atoms with E-state index in [2.05, 4.69) is 5.32 Å². The fourth-order valence-electron chi connectivity index (χ4n) is 3.87. The number of anilines is 1. The Hall–Kier alpha value is -3.36. The number of nitrogens with one attached hydrogen (secondary N) is 1. The van der Waals surface area contributed by atoms with E-state index in [0.29, 0.717) is 18.0 Å². The van der Waals surface area contributed by atoms with E-state index in [-0.39, 0.29) is 23.0 Å². The standard InChI is InChI=1S/C27H30ClN3O4S/c1-3-25(27(33)29-4-2)30(19-21-12-7-5-8-13-21)26(32)20-31(23-15-11-14-22(28)18-23)36(34,35)24-16-9-6-10-17-24/h5-18,25H,3-4,19-20H2,1-2H3,(H,29,33). The quantitative estimate of drug-likeness (QED) is 0.398. The molecule has 190 valence electrons. The number of nitrogens with zero attached hydrogens (tertiary/aromatic N) is 2. The number of carbonyl (C=O) groups excluding carboxylic acids is 2. The van der Waals surface area contributed by atoms with Crippen molar-refractivity contribution in [1.29, 1.82) is 0 Å². The van der Waals surface area contributed by atoms with Gasteiger partial charge < -0.3 is 10.2 Å². The third kappa shape index (κ3) is 6.65. The van der Waals surface area contributed by atoms with E-state index in [9.17, 15) is 18.0 Å². The van der Waals surface area contributed by atoms with E-state index in [0.717, 1.165) is 9.87 Å². The van der Waals surface area contributed by atoms with Gasteiger partial charge in [0.2, 0.25) is 11.8 Å². The van der Waals surface area contributed by atoms with Gasteiger partial charge in [-0.25, -0.2) is 8.42 Å². The van der Waals surface area contributed by atoms with E-state index in [1.54, 1.807) is 43.3 Å². The van der Waals surface area contributed by atoms with Crippen LogP contribution in [0.25, 0.3) is 0 Å².